The number of benzene rings is 1. The molecule has 0 radical (unpaired) electrons. The zero-order valence-corrected chi connectivity index (χ0v) is 11.1. The Morgan fingerprint density at radius 1 is 1.28 bits per heavy atom. The van der Waals surface area contributed by atoms with Crippen molar-refractivity contribution in [3.05, 3.63) is 53.3 Å². The monoisotopic (exact) mass is 242 g/mol. The van der Waals surface area contributed by atoms with Gasteiger partial charge in [-0.05, 0) is 38.0 Å². The lowest BCUT2D eigenvalue weighted by atomic mass is 10.0. The Hall–Kier alpha value is -1.90. The molecular weight excluding hydrogens is 224 g/mol. The van der Waals surface area contributed by atoms with Gasteiger partial charge in [0.1, 0.15) is 5.69 Å². The molecule has 18 heavy (non-hydrogen) atoms. The first-order valence-corrected chi connectivity index (χ1v) is 6.21. The fourth-order valence-electron chi connectivity index (χ4n) is 2.02. The van der Waals surface area contributed by atoms with Gasteiger partial charge < -0.3 is 0 Å². The highest BCUT2D eigenvalue weighted by molar-refractivity contribution is 5.96. The van der Waals surface area contributed by atoms with Gasteiger partial charge in [-0.2, -0.15) is 5.10 Å². The summed E-state index contributed by atoms with van der Waals surface area (Å²) in [6.07, 6.45) is 2.12. The van der Waals surface area contributed by atoms with E-state index < -0.39 is 0 Å². The molecule has 0 fully saturated rings. The molecule has 0 amide bonds. The van der Waals surface area contributed by atoms with Gasteiger partial charge in [-0.3, -0.25) is 9.48 Å². The van der Waals surface area contributed by atoms with E-state index in [-0.39, 0.29) is 11.8 Å². The molecule has 2 rings (SSSR count). The minimum atomic E-state index is 0.121. The van der Waals surface area contributed by atoms with E-state index >= 15 is 0 Å². The van der Waals surface area contributed by atoms with Crippen LogP contribution in [-0.4, -0.2) is 15.6 Å². The van der Waals surface area contributed by atoms with Crippen LogP contribution in [0.3, 0.4) is 0 Å². The summed E-state index contributed by atoms with van der Waals surface area (Å²) in [6.45, 7) is 6.08. The molecule has 0 aliphatic rings. The molecule has 1 aromatic heterocycles. The number of carbonyl (C=O) groups is 1. The van der Waals surface area contributed by atoms with Gasteiger partial charge in [-0.15, -0.1) is 0 Å². The normalized spacial score (nSPS) is 10.9. The van der Waals surface area contributed by atoms with Crippen LogP contribution in [0.1, 0.15) is 41.5 Å². The average molecular weight is 242 g/mol. The Bertz CT molecular complexity index is 555. The third-order valence-corrected chi connectivity index (χ3v) is 3.06. The van der Waals surface area contributed by atoms with Crippen molar-refractivity contribution in [2.45, 2.75) is 33.2 Å². The summed E-state index contributed by atoms with van der Waals surface area (Å²) in [7, 11) is 0. The second kappa shape index (κ2) is 5.17. The molecule has 0 N–H and O–H groups in total. The van der Waals surface area contributed by atoms with E-state index in [4.69, 9.17) is 0 Å². The fraction of sp³-hybridized carbons (Fsp3) is 0.333. The summed E-state index contributed by atoms with van der Waals surface area (Å²) in [5.74, 6) is 0.121. The molecular formula is C15H18N2O. The number of carbonyl (C=O) groups excluding carboxylic acids is 1. The molecule has 0 unspecified atom stereocenters. The largest absolute Gasteiger partial charge is 0.292 e. The number of ketones is 1. The van der Waals surface area contributed by atoms with E-state index in [2.05, 4.69) is 5.10 Å². The first-order valence-electron chi connectivity index (χ1n) is 6.21. The van der Waals surface area contributed by atoms with Gasteiger partial charge in [-0.25, -0.2) is 0 Å². The topological polar surface area (TPSA) is 34.9 Å². The third kappa shape index (κ3) is 2.50. The average Bonchev–Trinajstić information content (AvgIpc) is 2.81. The predicted octanol–water partition coefficient (Wildman–Crippen LogP) is 3.20. The van der Waals surface area contributed by atoms with Crippen molar-refractivity contribution in [3.8, 4) is 0 Å². The minimum Gasteiger partial charge on any atom is -0.292 e. The number of hydrogen-bond donors (Lipinski definition) is 0. The Morgan fingerprint density at radius 2 is 2.00 bits per heavy atom. The van der Waals surface area contributed by atoms with E-state index in [9.17, 15) is 4.79 Å². The maximum atomic E-state index is 12.3. The highest BCUT2D eigenvalue weighted by Gasteiger charge is 2.15. The van der Waals surface area contributed by atoms with Crippen LogP contribution >= 0.6 is 0 Å². The fourth-order valence-corrected chi connectivity index (χ4v) is 2.02. The number of Topliss-reactive ketones (excluding diaryl/α,β-unsaturated/α-hetero) is 1. The van der Waals surface area contributed by atoms with Crippen molar-refractivity contribution < 1.29 is 4.79 Å². The molecule has 3 heteroatoms. The lowest BCUT2D eigenvalue weighted by molar-refractivity contribution is 0.0980. The highest BCUT2D eigenvalue weighted by atomic mass is 16.1. The van der Waals surface area contributed by atoms with Crippen LogP contribution in [-0.2, 0) is 6.42 Å². The van der Waals surface area contributed by atoms with Gasteiger partial charge in [0.2, 0.25) is 0 Å². The molecule has 1 aromatic carbocycles. The van der Waals surface area contributed by atoms with Crippen molar-refractivity contribution in [1.82, 2.24) is 9.78 Å². The molecule has 0 spiro atoms. The van der Waals surface area contributed by atoms with Gasteiger partial charge in [0.05, 0.1) is 0 Å². The smallest absolute Gasteiger partial charge is 0.185 e. The molecule has 2 aromatic rings. The standard InChI is InChI=1S/C15H18N2O/c1-11(2)17-14(8-9-16-17)15(18)10-13-7-5-4-6-12(13)3/h4-9,11H,10H2,1-3H3. The molecule has 94 valence electrons. The van der Waals surface area contributed by atoms with E-state index in [0.717, 1.165) is 11.1 Å². The van der Waals surface area contributed by atoms with Crippen molar-refractivity contribution in [3.63, 3.8) is 0 Å². The van der Waals surface area contributed by atoms with Crippen LogP contribution in [0, 0.1) is 6.92 Å². The van der Waals surface area contributed by atoms with Gasteiger partial charge in [0, 0.05) is 18.7 Å². The predicted molar refractivity (Wildman–Crippen MR) is 71.8 cm³/mol. The number of rotatable bonds is 4. The lowest BCUT2D eigenvalue weighted by Crippen LogP contribution is -2.14. The molecule has 0 bridgehead atoms. The van der Waals surface area contributed by atoms with Crippen molar-refractivity contribution >= 4 is 5.78 Å². The summed E-state index contributed by atoms with van der Waals surface area (Å²) in [4.78, 5) is 12.3. The highest BCUT2D eigenvalue weighted by Crippen LogP contribution is 2.14. The number of hydrogen-bond acceptors (Lipinski definition) is 2. The lowest BCUT2D eigenvalue weighted by Gasteiger charge is -2.10. The summed E-state index contributed by atoms with van der Waals surface area (Å²) in [5.41, 5.74) is 2.92. The van der Waals surface area contributed by atoms with E-state index in [1.165, 1.54) is 0 Å². The summed E-state index contributed by atoms with van der Waals surface area (Å²) in [5, 5.41) is 4.20. The first-order chi connectivity index (χ1) is 8.59. The molecule has 0 aliphatic heterocycles. The van der Waals surface area contributed by atoms with E-state index in [1.807, 2.05) is 45.0 Å². The maximum Gasteiger partial charge on any atom is 0.185 e. The Labute approximate surface area is 107 Å². The summed E-state index contributed by atoms with van der Waals surface area (Å²) < 4.78 is 1.78. The molecule has 3 nitrogen and oxygen atoms in total. The van der Waals surface area contributed by atoms with Gasteiger partial charge in [0.25, 0.3) is 0 Å². The molecule has 1 heterocycles. The SMILES string of the molecule is Cc1ccccc1CC(=O)c1ccnn1C(C)C. The molecule has 0 saturated carbocycles. The maximum absolute atomic E-state index is 12.3. The summed E-state index contributed by atoms with van der Waals surface area (Å²) >= 11 is 0. The van der Waals surface area contributed by atoms with Crippen molar-refractivity contribution in [2.75, 3.05) is 0 Å². The van der Waals surface area contributed by atoms with Crippen LogP contribution in [0.25, 0.3) is 0 Å². The third-order valence-electron chi connectivity index (χ3n) is 3.06. The Balaban J connectivity index is 2.23. The molecule has 0 atom stereocenters. The molecule has 0 saturated heterocycles. The zero-order chi connectivity index (χ0) is 13.1. The summed E-state index contributed by atoms with van der Waals surface area (Å²) in [6, 6.07) is 9.99. The Morgan fingerprint density at radius 3 is 2.67 bits per heavy atom. The first kappa shape index (κ1) is 12.6. The minimum absolute atomic E-state index is 0.121. The second-order valence-electron chi connectivity index (χ2n) is 4.78. The quantitative estimate of drug-likeness (QED) is 0.772. The van der Waals surface area contributed by atoms with Gasteiger partial charge in [0.15, 0.2) is 5.78 Å². The van der Waals surface area contributed by atoms with Crippen LogP contribution in [0.4, 0.5) is 0 Å². The number of nitrogens with zero attached hydrogens (tertiary/aromatic N) is 2. The van der Waals surface area contributed by atoms with Crippen LogP contribution in [0.5, 0.6) is 0 Å². The Kier molecular flexibility index (Phi) is 3.60. The second-order valence-corrected chi connectivity index (χ2v) is 4.78. The van der Waals surface area contributed by atoms with Gasteiger partial charge in [-0.1, -0.05) is 24.3 Å². The van der Waals surface area contributed by atoms with Crippen LogP contribution < -0.4 is 0 Å². The van der Waals surface area contributed by atoms with Crippen LogP contribution in [0.2, 0.25) is 0 Å². The van der Waals surface area contributed by atoms with Gasteiger partial charge >= 0.3 is 0 Å². The van der Waals surface area contributed by atoms with Crippen LogP contribution in [0.15, 0.2) is 36.5 Å². The molecule has 0 aliphatic carbocycles. The van der Waals surface area contributed by atoms with Crippen molar-refractivity contribution in [1.29, 1.82) is 0 Å². The number of aromatic nitrogens is 2. The number of aryl methyl sites for hydroxylation is 1. The van der Waals surface area contributed by atoms with Crippen molar-refractivity contribution in [2.24, 2.45) is 0 Å². The zero-order valence-electron chi connectivity index (χ0n) is 11.1. The van der Waals surface area contributed by atoms with E-state index in [0.29, 0.717) is 12.1 Å². The van der Waals surface area contributed by atoms with E-state index in [1.54, 1.807) is 16.9 Å².